The summed E-state index contributed by atoms with van der Waals surface area (Å²) in [4.78, 5) is 33.2. The zero-order chi connectivity index (χ0) is 32.0. The Morgan fingerprint density at radius 2 is 1.65 bits per heavy atom. The fourth-order valence-electron chi connectivity index (χ4n) is 5.32. The van der Waals surface area contributed by atoms with Crippen LogP contribution in [0.1, 0.15) is 36.6 Å². The summed E-state index contributed by atoms with van der Waals surface area (Å²) in [6.07, 6.45) is 1.82. The number of carbonyl (C=O) groups is 1. The minimum Gasteiger partial charge on any atom is -0.497 e. The lowest BCUT2D eigenvalue weighted by Gasteiger charge is -2.25. The number of benzene rings is 4. The first-order valence-electron chi connectivity index (χ1n) is 14.9. The van der Waals surface area contributed by atoms with Crippen molar-refractivity contribution in [3.8, 4) is 17.2 Å². The summed E-state index contributed by atoms with van der Waals surface area (Å²) in [6, 6.07) is 31.5. The van der Waals surface area contributed by atoms with Crippen molar-refractivity contribution in [2.75, 3.05) is 19.0 Å². The number of amides is 1. The fraction of sp³-hybridized carbons (Fsp3) is 0.162. The van der Waals surface area contributed by atoms with Crippen LogP contribution in [0, 0.1) is 0 Å². The number of aromatic nitrogens is 1. The summed E-state index contributed by atoms with van der Waals surface area (Å²) in [6.45, 7) is 4.58. The molecule has 1 aliphatic rings. The number of nitrogens with one attached hydrogen (secondary N) is 1. The molecule has 0 fully saturated rings. The molecule has 6 rings (SSSR count). The molecule has 46 heavy (non-hydrogen) atoms. The first-order chi connectivity index (χ1) is 22.4. The number of para-hydroxylation sites is 1. The molecular weight excluding hydrogens is 598 g/mol. The van der Waals surface area contributed by atoms with Gasteiger partial charge >= 0.3 is 0 Å². The topological polar surface area (TPSA) is 91.2 Å². The summed E-state index contributed by atoms with van der Waals surface area (Å²) < 4.78 is 19.4. The van der Waals surface area contributed by atoms with E-state index < -0.39 is 6.04 Å². The van der Waals surface area contributed by atoms with E-state index in [1.54, 1.807) is 18.6 Å². The molecule has 8 nitrogen and oxygen atoms in total. The summed E-state index contributed by atoms with van der Waals surface area (Å²) in [5, 5.41) is 2.98. The lowest BCUT2D eigenvalue weighted by Crippen LogP contribution is -2.40. The molecule has 9 heteroatoms. The van der Waals surface area contributed by atoms with Crippen LogP contribution in [-0.2, 0) is 11.4 Å². The largest absolute Gasteiger partial charge is 0.497 e. The van der Waals surface area contributed by atoms with E-state index in [4.69, 9.17) is 19.2 Å². The van der Waals surface area contributed by atoms with Gasteiger partial charge in [0.05, 0.1) is 35.6 Å². The number of carbonyl (C=O) groups excluding carboxylic acids is 1. The Kier molecular flexibility index (Phi) is 9.12. The number of thiazole rings is 1. The van der Waals surface area contributed by atoms with Gasteiger partial charge in [0.15, 0.2) is 16.3 Å². The van der Waals surface area contributed by atoms with E-state index >= 15 is 0 Å². The molecule has 0 radical (unpaired) electrons. The maximum Gasteiger partial charge on any atom is 0.271 e. The van der Waals surface area contributed by atoms with Gasteiger partial charge in [0.25, 0.3) is 11.5 Å². The molecule has 1 atom stereocenters. The van der Waals surface area contributed by atoms with Crippen LogP contribution in [0.2, 0.25) is 0 Å². The van der Waals surface area contributed by atoms with Crippen molar-refractivity contribution in [1.29, 1.82) is 0 Å². The molecule has 0 saturated carbocycles. The number of ether oxygens (including phenoxy) is 3. The van der Waals surface area contributed by atoms with E-state index in [9.17, 15) is 9.59 Å². The Bertz CT molecular complexity index is 2070. The van der Waals surface area contributed by atoms with Gasteiger partial charge in [-0.05, 0) is 73.0 Å². The maximum atomic E-state index is 14.1. The maximum absolute atomic E-state index is 14.1. The quantitative estimate of drug-likeness (QED) is 0.209. The van der Waals surface area contributed by atoms with Gasteiger partial charge in [-0.25, -0.2) is 4.99 Å². The van der Waals surface area contributed by atoms with Crippen LogP contribution in [0.3, 0.4) is 0 Å². The van der Waals surface area contributed by atoms with Crippen LogP contribution in [0.4, 0.5) is 5.69 Å². The SMILES string of the molecule is CCOc1cc(/C=c2/sc3n(c2=O)[C@@H](c2ccc(OC)cc2)C(C(=O)Nc2ccccc2)=C(C)N=3)ccc1OCc1ccccc1. The minimum atomic E-state index is -0.694. The molecule has 5 aromatic rings. The van der Waals surface area contributed by atoms with Crippen LogP contribution in [0.15, 0.2) is 124 Å². The Morgan fingerprint density at radius 1 is 0.935 bits per heavy atom. The number of methoxy groups -OCH3 is 1. The molecule has 0 saturated heterocycles. The van der Waals surface area contributed by atoms with Crippen molar-refractivity contribution >= 4 is 29.0 Å². The standard InChI is InChI=1S/C37H33N3O5S/c1-4-44-31-21-26(15-20-30(31)45-23-25-11-7-5-8-12-25)22-32-36(42)40-34(27-16-18-29(43-3)19-17-27)33(24(2)38-37(40)46-32)35(41)39-28-13-9-6-10-14-28/h5-22,34H,4,23H2,1-3H3,(H,39,41)/b32-22+/t34-/m0/s1. The number of allylic oxidation sites excluding steroid dienone is 1. The summed E-state index contributed by atoms with van der Waals surface area (Å²) >= 11 is 1.28. The molecule has 4 aromatic carbocycles. The van der Waals surface area contributed by atoms with Gasteiger partial charge < -0.3 is 19.5 Å². The van der Waals surface area contributed by atoms with Gasteiger partial charge in [0.1, 0.15) is 12.4 Å². The van der Waals surface area contributed by atoms with Crippen molar-refractivity contribution in [3.63, 3.8) is 0 Å². The predicted molar refractivity (Wildman–Crippen MR) is 180 cm³/mol. The van der Waals surface area contributed by atoms with Crippen molar-refractivity contribution in [1.82, 2.24) is 4.57 Å². The third kappa shape index (κ3) is 6.50. The summed E-state index contributed by atoms with van der Waals surface area (Å²) in [5.41, 5.74) is 3.93. The number of fused-ring (bicyclic) bond motifs is 1. The number of hydrogen-bond acceptors (Lipinski definition) is 7. The second-order valence-electron chi connectivity index (χ2n) is 10.6. The van der Waals surface area contributed by atoms with E-state index in [0.717, 1.165) is 16.7 Å². The van der Waals surface area contributed by atoms with Crippen molar-refractivity contribution < 1.29 is 19.0 Å². The zero-order valence-corrected chi connectivity index (χ0v) is 26.5. The summed E-state index contributed by atoms with van der Waals surface area (Å²) in [5.74, 6) is 1.56. The second kappa shape index (κ2) is 13.7. The molecule has 0 unspecified atom stereocenters. The third-order valence-corrected chi connectivity index (χ3v) is 8.51. The lowest BCUT2D eigenvalue weighted by molar-refractivity contribution is -0.113. The van der Waals surface area contributed by atoms with E-state index in [0.29, 0.717) is 56.8 Å². The average Bonchev–Trinajstić information content (AvgIpc) is 3.38. The second-order valence-corrected chi connectivity index (χ2v) is 11.6. The van der Waals surface area contributed by atoms with Gasteiger partial charge in [-0.3, -0.25) is 14.2 Å². The average molecular weight is 632 g/mol. The van der Waals surface area contributed by atoms with Gasteiger partial charge in [-0.15, -0.1) is 0 Å². The van der Waals surface area contributed by atoms with Crippen LogP contribution in [0.25, 0.3) is 6.08 Å². The van der Waals surface area contributed by atoms with E-state index in [1.807, 2.05) is 116 Å². The number of hydrogen-bond donors (Lipinski definition) is 1. The van der Waals surface area contributed by atoms with E-state index in [1.165, 1.54) is 11.3 Å². The highest BCUT2D eigenvalue weighted by Crippen LogP contribution is 2.32. The van der Waals surface area contributed by atoms with Crippen molar-refractivity contribution in [3.05, 3.63) is 151 Å². The first kappa shape index (κ1) is 30.6. The highest BCUT2D eigenvalue weighted by atomic mass is 32.1. The predicted octanol–water partition coefficient (Wildman–Crippen LogP) is 5.86. The smallest absolute Gasteiger partial charge is 0.271 e. The molecule has 1 aromatic heterocycles. The van der Waals surface area contributed by atoms with Gasteiger partial charge in [0.2, 0.25) is 0 Å². The molecule has 0 aliphatic carbocycles. The van der Waals surface area contributed by atoms with Gasteiger partial charge in [-0.1, -0.05) is 78.1 Å². The molecule has 0 bridgehead atoms. The molecule has 1 N–H and O–H groups in total. The van der Waals surface area contributed by atoms with E-state index in [2.05, 4.69) is 5.32 Å². The lowest BCUT2D eigenvalue weighted by atomic mass is 9.95. The molecule has 0 spiro atoms. The molecule has 1 aliphatic heterocycles. The van der Waals surface area contributed by atoms with Gasteiger partial charge in [-0.2, -0.15) is 0 Å². The Labute approximate surface area is 270 Å². The monoisotopic (exact) mass is 631 g/mol. The normalized spacial score (nSPS) is 14.3. The minimum absolute atomic E-state index is 0.246. The zero-order valence-electron chi connectivity index (χ0n) is 25.7. The highest BCUT2D eigenvalue weighted by molar-refractivity contribution is 7.07. The molecule has 1 amide bonds. The van der Waals surface area contributed by atoms with Crippen molar-refractivity contribution in [2.45, 2.75) is 26.5 Å². The number of anilines is 1. The number of nitrogens with zero attached hydrogens (tertiary/aromatic N) is 2. The van der Waals surface area contributed by atoms with Crippen LogP contribution in [0.5, 0.6) is 17.2 Å². The first-order valence-corrected chi connectivity index (χ1v) is 15.7. The summed E-state index contributed by atoms with van der Waals surface area (Å²) in [7, 11) is 1.60. The Hall–Kier alpha value is -5.41. The Morgan fingerprint density at radius 3 is 2.35 bits per heavy atom. The van der Waals surface area contributed by atoms with Crippen LogP contribution < -0.4 is 34.4 Å². The molecular formula is C37H33N3O5S. The third-order valence-electron chi connectivity index (χ3n) is 7.53. The molecule has 232 valence electrons. The fourth-order valence-corrected chi connectivity index (χ4v) is 6.37. The van der Waals surface area contributed by atoms with E-state index in [-0.39, 0.29) is 11.5 Å². The van der Waals surface area contributed by atoms with Crippen molar-refractivity contribution in [2.24, 2.45) is 4.99 Å². The molecule has 2 heterocycles. The van der Waals surface area contributed by atoms with Crippen LogP contribution in [-0.4, -0.2) is 24.2 Å². The van der Waals surface area contributed by atoms with Crippen LogP contribution >= 0.6 is 11.3 Å². The number of rotatable bonds is 10. The highest BCUT2D eigenvalue weighted by Gasteiger charge is 2.32. The Balaban J connectivity index is 1.40. The van der Waals surface area contributed by atoms with Gasteiger partial charge in [0, 0.05) is 5.69 Å².